The molecule has 3 rings (SSSR count). The maximum Gasteiger partial charge on any atom is 0.220 e. The van der Waals surface area contributed by atoms with E-state index in [1.54, 1.807) is 24.3 Å². The van der Waals surface area contributed by atoms with E-state index in [1.165, 1.54) is 4.68 Å². The topological polar surface area (TPSA) is 124 Å². The van der Waals surface area contributed by atoms with E-state index in [1.807, 2.05) is 13.8 Å². The molecule has 1 aliphatic heterocycles. The number of tetrazole rings is 1. The standard InChI is InChI=1S/C18H26N6O3S/c1-3-16(23-10-8-14(9-11-23)17(19)25)18-20-21-22-24(18)12-28(26,27)15-6-4-13(2)5-7-15/h4-7,14,16H,3,8-12H2,1-2H3,(H2,19,25)/t16-/m0/s1. The van der Waals surface area contributed by atoms with Gasteiger partial charge in [0.2, 0.25) is 5.91 Å². The highest BCUT2D eigenvalue weighted by atomic mass is 32.2. The molecule has 1 saturated heterocycles. The van der Waals surface area contributed by atoms with Crippen molar-refractivity contribution < 1.29 is 13.2 Å². The first-order valence-corrected chi connectivity index (χ1v) is 11.1. The van der Waals surface area contributed by atoms with Gasteiger partial charge < -0.3 is 5.73 Å². The van der Waals surface area contributed by atoms with Gasteiger partial charge in [-0.25, -0.2) is 13.1 Å². The molecule has 2 N–H and O–H groups in total. The molecule has 1 aromatic carbocycles. The first-order valence-electron chi connectivity index (χ1n) is 9.40. The Balaban J connectivity index is 1.78. The summed E-state index contributed by atoms with van der Waals surface area (Å²) in [6.07, 6.45) is 2.11. The van der Waals surface area contributed by atoms with Gasteiger partial charge >= 0.3 is 0 Å². The van der Waals surface area contributed by atoms with E-state index < -0.39 is 9.84 Å². The van der Waals surface area contributed by atoms with Crippen LogP contribution < -0.4 is 5.73 Å². The van der Waals surface area contributed by atoms with Crippen LogP contribution in [0.1, 0.15) is 43.6 Å². The monoisotopic (exact) mass is 406 g/mol. The molecule has 0 unspecified atom stereocenters. The van der Waals surface area contributed by atoms with Gasteiger partial charge in [-0.2, -0.15) is 0 Å². The average Bonchev–Trinajstić information content (AvgIpc) is 3.10. The maximum absolute atomic E-state index is 12.8. The first-order chi connectivity index (χ1) is 13.3. The van der Waals surface area contributed by atoms with E-state index in [-0.39, 0.29) is 28.6 Å². The lowest BCUT2D eigenvalue weighted by Gasteiger charge is -2.35. The number of aryl methyl sites for hydroxylation is 1. The summed E-state index contributed by atoms with van der Waals surface area (Å²) in [5.41, 5.74) is 6.41. The minimum absolute atomic E-state index is 0.105. The quantitative estimate of drug-likeness (QED) is 0.729. The summed E-state index contributed by atoms with van der Waals surface area (Å²) in [6, 6.07) is 6.62. The lowest BCUT2D eigenvalue weighted by Crippen LogP contribution is -2.41. The average molecular weight is 407 g/mol. The van der Waals surface area contributed by atoms with Crippen molar-refractivity contribution in [1.29, 1.82) is 0 Å². The lowest BCUT2D eigenvalue weighted by atomic mass is 9.94. The zero-order valence-corrected chi connectivity index (χ0v) is 17.0. The molecule has 0 radical (unpaired) electrons. The molecule has 28 heavy (non-hydrogen) atoms. The van der Waals surface area contributed by atoms with Crippen molar-refractivity contribution >= 4 is 15.7 Å². The number of rotatable bonds is 7. The van der Waals surface area contributed by atoms with E-state index >= 15 is 0 Å². The number of nitrogens with two attached hydrogens (primary N) is 1. The Labute approximate surface area is 164 Å². The molecule has 10 heteroatoms. The van der Waals surface area contributed by atoms with Gasteiger partial charge in [0, 0.05) is 5.92 Å². The van der Waals surface area contributed by atoms with Gasteiger partial charge in [-0.1, -0.05) is 24.6 Å². The number of piperidine rings is 1. The van der Waals surface area contributed by atoms with Crippen LogP contribution >= 0.6 is 0 Å². The fourth-order valence-electron chi connectivity index (χ4n) is 3.62. The van der Waals surface area contributed by atoms with Crippen molar-refractivity contribution in [2.75, 3.05) is 13.1 Å². The lowest BCUT2D eigenvalue weighted by molar-refractivity contribution is -0.123. The molecule has 0 bridgehead atoms. The number of hydrogen-bond donors (Lipinski definition) is 1. The summed E-state index contributed by atoms with van der Waals surface area (Å²) >= 11 is 0. The van der Waals surface area contributed by atoms with Crippen LogP contribution in [0.25, 0.3) is 0 Å². The Morgan fingerprint density at radius 2 is 1.89 bits per heavy atom. The van der Waals surface area contributed by atoms with Crippen LogP contribution in [0.4, 0.5) is 0 Å². The van der Waals surface area contributed by atoms with E-state index in [4.69, 9.17) is 5.73 Å². The molecule has 1 aliphatic rings. The third kappa shape index (κ3) is 4.39. The highest BCUT2D eigenvalue weighted by Gasteiger charge is 2.31. The highest BCUT2D eigenvalue weighted by Crippen LogP contribution is 2.28. The zero-order valence-electron chi connectivity index (χ0n) is 16.2. The Morgan fingerprint density at radius 1 is 1.25 bits per heavy atom. The normalized spacial score (nSPS) is 17.5. The summed E-state index contributed by atoms with van der Waals surface area (Å²) in [5.74, 6) is -0.156. The fraction of sp³-hybridized carbons (Fsp3) is 0.556. The molecule has 2 heterocycles. The largest absolute Gasteiger partial charge is 0.369 e. The van der Waals surface area contributed by atoms with Crippen molar-refractivity contribution in [3.05, 3.63) is 35.7 Å². The smallest absolute Gasteiger partial charge is 0.220 e. The number of nitrogens with zero attached hydrogens (tertiary/aromatic N) is 5. The number of likely N-dealkylation sites (tertiary alicyclic amines) is 1. The summed E-state index contributed by atoms with van der Waals surface area (Å²) < 4.78 is 26.9. The second-order valence-electron chi connectivity index (χ2n) is 7.23. The zero-order chi connectivity index (χ0) is 20.3. The predicted octanol–water partition coefficient (Wildman–Crippen LogP) is 1.06. The van der Waals surface area contributed by atoms with Gasteiger partial charge in [-0.15, -0.1) is 5.10 Å². The number of amides is 1. The summed E-state index contributed by atoms with van der Waals surface area (Å²) in [4.78, 5) is 13.8. The molecule has 152 valence electrons. The van der Waals surface area contributed by atoms with E-state index in [9.17, 15) is 13.2 Å². The first kappa shape index (κ1) is 20.4. The summed E-state index contributed by atoms with van der Waals surface area (Å²) in [5, 5.41) is 11.8. The molecule has 1 amide bonds. The van der Waals surface area contributed by atoms with Crippen molar-refractivity contribution in [3.8, 4) is 0 Å². The van der Waals surface area contributed by atoms with Crippen LogP contribution in [0.3, 0.4) is 0 Å². The molecule has 1 fully saturated rings. The minimum Gasteiger partial charge on any atom is -0.369 e. The Bertz CT molecular complexity index is 917. The Kier molecular flexibility index (Phi) is 6.09. The number of aromatic nitrogens is 4. The van der Waals surface area contributed by atoms with Crippen molar-refractivity contribution in [2.24, 2.45) is 11.7 Å². The van der Waals surface area contributed by atoms with Crippen LogP contribution in [0, 0.1) is 12.8 Å². The van der Waals surface area contributed by atoms with E-state index in [2.05, 4.69) is 20.4 Å². The molecular formula is C18H26N6O3S. The van der Waals surface area contributed by atoms with Gasteiger partial charge in [-0.3, -0.25) is 9.69 Å². The van der Waals surface area contributed by atoms with Gasteiger partial charge in [-0.05, 0) is 61.8 Å². The third-order valence-electron chi connectivity index (χ3n) is 5.29. The number of carbonyl (C=O) groups excluding carboxylic acids is 1. The van der Waals surface area contributed by atoms with Gasteiger partial charge in [0.25, 0.3) is 0 Å². The highest BCUT2D eigenvalue weighted by molar-refractivity contribution is 7.90. The third-order valence-corrected chi connectivity index (χ3v) is 6.86. The predicted molar refractivity (Wildman–Crippen MR) is 103 cm³/mol. The molecule has 2 aromatic rings. The van der Waals surface area contributed by atoms with Crippen molar-refractivity contribution in [1.82, 2.24) is 25.1 Å². The van der Waals surface area contributed by atoms with Gasteiger partial charge in [0.15, 0.2) is 21.5 Å². The summed E-state index contributed by atoms with van der Waals surface area (Å²) in [6.45, 7) is 5.31. The van der Waals surface area contributed by atoms with Crippen molar-refractivity contribution in [2.45, 2.75) is 49.9 Å². The van der Waals surface area contributed by atoms with E-state index in [0.29, 0.717) is 31.8 Å². The van der Waals surface area contributed by atoms with Crippen molar-refractivity contribution in [3.63, 3.8) is 0 Å². The molecule has 1 atom stereocenters. The molecule has 0 saturated carbocycles. The number of sulfone groups is 1. The Morgan fingerprint density at radius 3 is 2.46 bits per heavy atom. The number of hydrogen-bond acceptors (Lipinski definition) is 7. The molecule has 0 spiro atoms. The molecule has 0 aliphatic carbocycles. The van der Waals surface area contributed by atoms with Crippen LogP contribution in [-0.4, -0.2) is 52.5 Å². The van der Waals surface area contributed by atoms with Gasteiger partial charge in [0.05, 0.1) is 10.9 Å². The fourth-order valence-corrected chi connectivity index (χ4v) is 4.83. The molecular weight excluding hydrogens is 380 g/mol. The second-order valence-corrected chi connectivity index (χ2v) is 9.19. The SMILES string of the molecule is CC[C@@H](c1nnnn1CS(=O)(=O)c1ccc(C)cc1)N1CCC(C(N)=O)CC1. The minimum atomic E-state index is -3.57. The van der Waals surface area contributed by atoms with Gasteiger partial charge in [0.1, 0.15) is 0 Å². The maximum atomic E-state index is 12.8. The van der Waals surface area contributed by atoms with Crippen LogP contribution in [0.5, 0.6) is 0 Å². The molecule has 9 nitrogen and oxygen atoms in total. The van der Waals surface area contributed by atoms with E-state index in [0.717, 1.165) is 12.0 Å². The van der Waals surface area contributed by atoms with Crippen LogP contribution in [0.15, 0.2) is 29.2 Å². The number of carbonyl (C=O) groups is 1. The number of primary amides is 1. The number of benzene rings is 1. The summed E-state index contributed by atoms with van der Waals surface area (Å²) in [7, 11) is -3.57. The second kappa shape index (κ2) is 8.36. The Hall–Kier alpha value is -2.33. The van der Waals surface area contributed by atoms with Crippen LogP contribution in [-0.2, 0) is 20.5 Å². The van der Waals surface area contributed by atoms with Crippen LogP contribution in [0.2, 0.25) is 0 Å². The molecule has 1 aromatic heterocycles.